The minimum absolute atomic E-state index is 0.00664. The van der Waals surface area contributed by atoms with Crippen LogP contribution >= 0.6 is 0 Å². The molecule has 1 fully saturated rings. The molecular formula is C14H25NO6. The first kappa shape index (κ1) is 17.7. The molecule has 0 N–H and O–H groups in total. The quantitative estimate of drug-likeness (QED) is 0.707. The van der Waals surface area contributed by atoms with E-state index in [2.05, 4.69) is 4.74 Å². The topological polar surface area (TPSA) is 74.3 Å². The van der Waals surface area contributed by atoms with Crippen molar-refractivity contribution in [2.75, 3.05) is 40.5 Å². The van der Waals surface area contributed by atoms with Crippen molar-refractivity contribution in [1.82, 2.24) is 4.90 Å². The van der Waals surface area contributed by atoms with E-state index in [0.29, 0.717) is 19.7 Å². The first-order valence-corrected chi connectivity index (χ1v) is 6.92. The van der Waals surface area contributed by atoms with Gasteiger partial charge in [0.25, 0.3) is 0 Å². The highest BCUT2D eigenvalue weighted by Gasteiger charge is 2.37. The lowest BCUT2D eigenvalue weighted by molar-refractivity contribution is -0.146. The highest BCUT2D eigenvalue weighted by molar-refractivity contribution is 5.70. The lowest BCUT2D eigenvalue weighted by Crippen LogP contribution is -2.36. The summed E-state index contributed by atoms with van der Waals surface area (Å²) in [6.45, 7) is 6.64. The van der Waals surface area contributed by atoms with Gasteiger partial charge in [0.2, 0.25) is 0 Å². The number of carbonyl (C=O) groups is 2. The minimum atomic E-state index is -0.529. The van der Waals surface area contributed by atoms with Crippen LogP contribution in [0.25, 0.3) is 0 Å². The molecule has 0 spiro atoms. The maximum atomic E-state index is 12.0. The monoisotopic (exact) mass is 303 g/mol. The van der Waals surface area contributed by atoms with Gasteiger partial charge < -0.3 is 23.8 Å². The van der Waals surface area contributed by atoms with Crippen molar-refractivity contribution in [3.05, 3.63) is 0 Å². The first-order valence-electron chi connectivity index (χ1n) is 6.92. The molecule has 1 saturated heterocycles. The van der Waals surface area contributed by atoms with E-state index in [-0.39, 0.29) is 24.7 Å². The standard InChI is InChI=1S/C14H25NO6/c1-14(2,3)21-13(17)15-6-10(11(7-15)18-4)8-20-9-12(16)19-5/h10-11H,6-9H2,1-5H3/t10-,11+/m0/s1. The lowest BCUT2D eigenvalue weighted by Gasteiger charge is -2.24. The van der Waals surface area contributed by atoms with Gasteiger partial charge in [-0.3, -0.25) is 0 Å². The van der Waals surface area contributed by atoms with Crippen molar-refractivity contribution in [3.8, 4) is 0 Å². The number of ether oxygens (including phenoxy) is 4. The second-order valence-electron chi connectivity index (χ2n) is 6.01. The molecule has 1 aliphatic rings. The van der Waals surface area contributed by atoms with Crippen LogP contribution in [0.5, 0.6) is 0 Å². The van der Waals surface area contributed by atoms with Gasteiger partial charge in [0.1, 0.15) is 12.2 Å². The van der Waals surface area contributed by atoms with Crippen LogP contribution in [-0.2, 0) is 23.7 Å². The zero-order valence-electron chi connectivity index (χ0n) is 13.4. The van der Waals surface area contributed by atoms with Gasteiger partial charge in [-0.15, -0.1) is 0 Å². The zero-order chi connectivity index (χ0) is 16.0. The number of rotatable bonds is 5. The van der Waals surface area contributed by atoms with Crippen LogP contribution < -0.4 is 0 Å². The van der Waals surface area contributed by atoms with Gasteiger partial charge in [-0.2, -0.15) is 0 Å². The number of hydrogen-bond acceptors (Lipinski definition) is 6. The molecule has 0 saturated carbocycles. The number of hydrogen-bond donors (Lipinski definition) is 0. The molecule has 7 nitrogen and oxygen atoms in total. The molecule has 21 heavy (non-hydrogen) atoms. The third kappa shape index (κ3) is 5.89. The Hall–Kier alpha value is -1.34. The maximum absolute atomic E-state index is 12.0. The van der Waals surface area contributed by atoms with E-state index in [0.717, 1.165) is 0 Å². The molecule has 0 aromatic heterocycles. The Morgan fingerprint density at radius 3 is 2.38 bits per heavy atom. The third-order valence-electron chi connectivity index (χ3n) is 3.11. The van der Waals surface area contributed by atoms with E-state index in [1.54, 1.807) is 12.0 Å². The van der Waals surface area contributed by atoms with Gasteiger partial charge in [-0.05, 0) is 20.8 Å². The van der Waals surface area contributed by atoms with Crippen LogP contribution in [0.15, 0.2) is 0 Å². The van der Waals surface area contributed by atoms with Crippen LogP contribution in [0.3, 0.4) is 0 Å². The Morgan fingerprint density at radius 2 is 1.86 bits per heavy atom. The molecule has 1 aliphatic heterocycles. The average molecular weight is 303 g/mol. The maximum Gasteiger partial charge on any atom is 0.410 e. The summed E-state index contributed by atoms with van der Waals surface area (Å²) in [5, 5.41) is 0. The SMILES string of the molecule is COC(=O)COC[C@@H]1CN(C(=O)OC(C)(C)C)C[C@H]1OC. The Bertz CT molecular complexity index is 365. The number of esters is 1. The summed E-state index contributed by atoms with van der Waals surface area (Å²) in [5.74, 6) is -0.418. The highest BCUT2D eigenvalue weighted by Crippen LogP contribution is 2.22. The fraction of sp³-hybridized carbons (Fsp3) is 0.857. The smallest absolute Gasteiger partial charge is 0.410 e. The van der Waals surface area contributed by atoms with Gasteiger partial charge in [0.15, 0.2) is 0 Å². The average Bonchev–Trinajstić information content (AvgIpc) is 2.80. The van der Waals surface area contributed by atoms with Gasteiger partial charge >= 0.3 is 12.1 Å². The number of methoxy groups -OCH3 is 2. The molecule has 2 atom stereocenters. The minimum Gasteiger partial charge on any atom is -0.467 e. The molecule has 1 rings (SSSR count). The van der Waals surface area contributed by atoms with E-state index < -0.39 is 11.6 Å². The summed E-state index contributed by atoms with van der Waals surface area (Å²) in [6, 6.07) is 0. The predicted octanol–water partition coefficient (Wildman–Crippen LogP) is 1.06. The summed E-state index contributed by atoms with van der Waals surface area (Å²) in [4.78, 5) is 24.6. The summed E-state index contributed by atoms with van der Waals surface area (Å²) in [5.41, 5.74) is -0.529. The Labute approximate surface area is 125 Å². The summed E-state index contributed by atoms with van der Waals surface area (Å²) >= 11 is 0. The van der Waals surface area contributed by atoms with Gasteiger partial charge in [-0.1, -0.05) is 0 Å². The molecule has 0 bridgehead atoms. The molecule has 0 radical (unpaired) electrons. The van der Waals surface area contributed by atoms with Crippen molar-refractivity contribution < 1.29 is 28.5 Å². The van der Waals surface area contributed by atoms with Crippen LogP contribution in [0.4, 0.5) is 4.79 Å². The van der Waals surface area contributed by atoms with Crippen molar-refractivity contribution in [3.63, 3.8) is 0 Å². The number of carbonyl (C=O) groups excluding carboxylic acids is 2. The number of likely N-dealkylation sites (tertiary alicyclic amines) is 1. The highest BCUT2D eigenvalue weighted by atomic mass is 16.6. The van der Waals surface area contributed by atoms with Crippen molar-refractivity contribution in [1.29, 1.82) is 0 Å². The third-order valence-corrected chi connectivity index (χ3v) is 3.11. The molecule has 122 valence electrons. The van der Waals surface area contributed by atoms with E-state index in [1.165, 1.54) is 7.11 Å². The lowest BCUT2D eigenvalue weighted by atomic mass is 10.1. The van der Waals surface area contributed by atoms with E-state index in [9.17, 15) is 9.59 Å². The molecule has 7 heteroatoms. The second kappa shape index (κ2) is 7.61. The van der Waals surface area contributed by atoms with Crippen molar-refractivity contribution in [2.45, 2.75) is 32.5 Å². The molecule has 0 unspecified atom stereocenters. The van der Waals surface area contributed by atoms with Gasteiger partial charge in [-0.25, -0.2) is 9.59 Å². The molecule has 0 aromatic carbocycles. The van der Waals surface area contributed by atoms with Crippen LogP contribution in [0.2, 0.25) is 0 Å². The zero-order valence-corrected chi connectivity index (χ0v) is 13.4. The first-order chi connectivity index (χ1) is 9.76. The normalized spacial score (nSPS) is 22.2. The van der Waals surface area contributed by atoms with Gasteiger partial charge in [0.05, 0.1) is 26.4 Å². The Balaban J connectivity index is 2.47. The van der Waals surface area contributed by atoms with E-state index in [1.807, 2.05) is 20.8 Å². The summed E-state index contributed by atoms with van der Waals surface area (Å²) in [6.07, 6.45) is -0.491. The molecule has 1 amide bonds. The van der Waals surface area contributed by atoms with E-state index >= 15 is 0 Å². The fourth-order valence-corrected chi connectivity index (χ4v) is 2.10. The van der Waals surface area contributed by atoms with Gasteiger partial charge in [0, 0.05) is 19.6 Å². The van der Waals surface area contributed by atoms with Crippen LogP contribution in [-0.4, -0.2) is 69.2 Å². The largest absolute Gasteiger partial charge is 0.467 e. The number of amides is 1. The summed E-state index contributed by atoms with van der Waals surface area (Å²) in [7, 11) is 2.90. The van der Waals surface area contributed by atoms with Crippen LogP contribution in [0.1, 0.15) is 20.8 Å². The molecular weight excluding hydrogens is 278 g/mol. The second-order valence-corrected chi connectivity index (χ2v) is 6.01. The van der Waals surface area contributed by atoms with Crippen LogP contribution in [0, 0.1) is 5.92 Å². The Kier molecular flexibility index (Phi) is 6.42. The van der Waals surface area contributed by atoms with E-state index in [4.69, 9.17) is 14.2 Å². The van der Waals surface area contributed by atoms with Crippen molar-refractivity contribution >= 4 is 12.1 Å². The number of nitrogens with zero attached hydrogens (tertiary/aromatic N) is 1. The predicted molar refractivity (Wildman–Crippen MR) is 74.9 cm³/mol. The molecule has 0 aliphatic carbocycles. The fourth-order valence-electron chi connectivity index (χ4n) is 2.10. The van der Waals surface area contributed by atoms with Crippen molar-refractivity contribution in [2.24, 2.45) is 5.92 Å². The Morgan fingerprint density at radius 1 is 1.19 bits per heavy atom. The molecule has 0 aromatic rings. The molecule has 1 heterocycles. The summed E-state index contributed by atoms with van der Waals surface area (Å²) < 4.78 is 20.5.